The fraction of sp³-hybridized carbons (Fsp3) is 0.333. The summed E-state index contributed by atoms with van der Waals surface area (Å²) in [6.07, 6.45) is 1.47. The molecule has 27 heavy (non-hydrogen) atoms. The third-order valence-corrected chi connectivity index (χ3v) is 4.60. The number of para-hydroxylation sites is 1. The van der Waals surface area contributed by atoms with Crippen LogP contribution in [0.5, 0.6) is 11.5 Å². The van der Waals surface area contributed by atoms with Gasteiger partial charge >= 0.3 is 0 Å². The van der Waals surface area contributed by atoms with Gasteiger partial charge in [0.15, 0.2) is 6.61 Å². The van der Waals surface area contributed by atoms with Crippen LogP contribution in [0.4, 0.5) is 0 Å². The molecule has 2 aromatic carbocycles. The second-order valence-electron chi connectivity index (χ2n) is 6.46. The van der Waals surface area contributed by atoms with Crippen molar-refractivity contribution >= 4 is 11.8 Å². The van der Waals surface area contributed by atoms with E-state index in [2.05, 4.69) is 5.32 Å². The zero-order valence-corrected chi connectivity index (χ0v) is 15.4. The van der Waals surface area contributed by atoms with Crippen molar-refractivity contribution in [3.05, 3.63) is 60.2 Å². The lowest BCUT2D eigenvalue weighted by atomic mass is 10.0. The first-order chi connectivity index (χ1) is 13.2. The van der Waals surface area contributed by atoms with Gasteiger partial charge in [0.1, 0.15) is 11.5 Å². The second-order valence-corrected chi connectivity index (χ2v) is 6.46. The van der Waals surface area contributed by atoms with E-state index in [-0.39, 0.29) is 24.5 Å². The molecule has 2 aromatic rings. The number of rotatable bonds is 6. The number of carbonyl (C=O) groups excluding carboxylic acids is 2. The molecule has 6 heteroatoms. The first-order valence-electron chi connectivity index (χ1n) is 9.06. The van der Waals surface area contributed by atoms with Crippen LogP contribution in [-0.2, 0) is 4.79 Å². The van der Waals surface area contributed by atoms with E-state index in [0.717, 1.165) is 18.6 Å². The van der Waals surface area contributed by atoms with E-state index in [1.54, 1.807) is 31.4 Å². The number of likely N-dealkylation sites (tertiary alicyclic amines) is 1. The van der Waals surface area contributed by atoms with Gasteiger partial charge < -0.3 is 19.7 Å². The van der Waals surface area contributed by atoms with Gasteiger partial charge in [-0.1, -0.05) is 18.2 Å². The Morgan fingerprint density at radius 2 is 1.67 bits per heavy atom. The lowest BCUT2D eigenvalue weighted by Crippen LogP contribution is -2.47. The lowest BCUT2D eigenvalue weighted by Gasteiger charge is -2.32. The molecule has 1 saturated heterocycles. The molecule has 3 rings (SSSR count). The number of ether oxygens (including phenoxy) is 2. The van der Waals surface area contributed by atoms with Gasteiger partial charge in [-0.25, -0.2) is 0 Å². The van der Waals surface area contributed by atoms with Crippen molar-refractivity contribution in [2.75, 3.05) is 26.8 Å². The van der Waals surface area contributed by atoms with Crippen molar-refractivity contribution in [3.8, 4) is 11.5 Å². The smallest absolute Gasteiger partial charge is 0.258 e. The molecule has 6 nitrogen and oxygen atoms in total. The monoisotopic (exact) mass is 368 g/mol. The van der Waals surface area contributed by atoms with Crippen molar-refractivity contribution in [2.45, 2.75) is 18.9 Å². The van der Waals surface area contributed by atoms with Crippen LogP contribution in [0.3, 0.4) is 0 Å². The van der Waals surface area contributed by atoms with Crippen LogP contribution in [0, 0.1) is 0 Å². The SMILES string of the molecule is COc1ccc(C(=O)N2CCC(NC(=O)COc3ccccc3)CC2)cc1. The number of hydrogen-bond donors (Lipinski definition) is 1. The van der Waals surface area contributed by atoms with E-state index < -0.39 is 0 Å². The summed E-state index contributed by atoms with van der Waals surface area (Å²) in [5.41, 5.74) is 0.648. The maximum atomic E-state index is 12.6. The van der Waals surface area contributed by atoms with Crippen molar-refractivity contribution in [3.63, 3.8) is 0 Å². The molecule has 0 aromatic heterocycles. The summed E-state index contributed by atoms with van der Waals surface area (Å²) in [6, 6.07) is 16.4. The highest BCUT2D eigenvalue weighted by atomic mass is 16.5. The second kappa shape index (κ2) is 9.07. The molecule has 0 spiro atoms. The Balaban J connectivity index is 1.42. The van der Waals surface area contributed by atoms with E-state index >= 15 is 0 Å². The molecule has 1 heterocycles. The average Bonchev–Trinajstić information content (AvgIpc) is 2.73. The molecule has 0 atom stereocenters. The van der Waals surface area contributed by atoms with Crippen molar-refractivity contribution in [1.82, 2.24) is 10.2 Å². The number of benzene rings is 2. The molecule has 0 radical (unpaired) electrons. The van der Waals surface area contributed by atoms with Crippen LogP contribution < -0.4 is 14.8 Å². The van der Waals surface area contributed by atoms with Crippen LogP contribution in [0.2, 0.25) is 0 Å². The fourth-order valence-corrected chi connectivity index (χ4v) is 3.08. The number of piperidine rings is 1. The Morgan fingerprint density at radius 3 is 2.30 bits per heavy atom. The minimum absolute atomic E-state index is 0.00495. The Hall–Kier alpha value is -3.02. The van der Waals surface area contributed by atoms with Gasteiger partial charge in [-0.05, 0) is 49.2 Å². The average molecular weight is 368 g/mol. The summed E-state index contributed by atoms with van der Waals surface area (Å²) in [4.78, 5) is 26.4. The molecule has 2 amide bonds. The van der Waals surface area contributed by atoms with Crippen LogP contribution in [0.1, 0.15) is 23.2 Å². The summed E-state index contributed by atoms with van der Waals surface area (Å²) >= 11 is 0. The van der Waals surface area contributed by atoms with Gasteiger partial charge in [-0.15, -0.1) is 0 Å². The molecular formula is C21H24N2O4. The molecule has 1 aliphatic heterocycles. The summed E-state index contributed by atoms with van der Waals surface area (Å²) in [5, 5.41) is 2.98. The first-order valence-corrected chi connectivity index (χ1v) is 9.06. The molecule has 1 aliphatic rings. The normalized spacial score (nSPS) is 14.5. The predicted octanol–water partition coefficient (Wildman–Crippen LogP) is 2.50. The third kappa shape index (κ3) is 5.23. The summed E-state index contributed by atoms with van der Waals surface area (Å²) in [5.74, 6) is 1.27. The van der Waals surface area contributed by atoms with E-state index in [1.165, 1.54) is 0 Å². The molecule has 0 bridgehead atoms. The number of methoxy groups -OCH3 is 1. The van der Waals surface area contributed by atoms with Gasteiger partial charge in [0, 0.05) is 24.7 Å². The zero-order chi connectivity index (χ0) is 19.1. The number of hydrogen-bond acceptors (Lipinski definition) is 4. The highest BCUT2D eigenvalue weighted by Crippen LogP contribution is 2.17. The standard InChI is InChI=1S/C21H24N2O4/c1-26-18-9-7-16(8-10-18)21(25)23-13-11-17(12-14-23)22-20(24)15-27-19-5-3-2-4-6-19/h2-10,17H,11-15H2,1H3,(H,22,24). The predicted molar refractivity (Wildman–Crippen MR) is 102 cm³/mol. The Morgan fingerprint density at radius 1 is 1.00 bits per heavy atom. The molecule has 1 N–H and O–H groups in total. The van der Waals surface area contributed by atoms with Crippen LogP contribution >= 0.6 is 0 Å². The van der Waals surface area contributed by atoms with Crippen LogP contribution in [0.25, 0.3) is 0 Å². The van der Waals surface area contributed by atoms with Crippen molar-refractivity contribution in [1.29, 1.82) is 0 Å². The molecule has 142 valence electrons. The van der Waals surface area contributed by atoms with E-state index in [4.69, 9.17) is 9.47 Å². The van der Waals surface area contributed by atoms with Gasteiger partial charge in [0.05, 0.1) is 7.11 Å². The van der Waals surface area contributed by atoms with E-state index in [0.29, 0.717) is 24.4 Å². The largest absolute Gasteiger partial charge is 0.497 e. The lowest BCUT2D eigenvalue weighted by molar-refractivity contribution is -0.124. The Kier molecular flexibility index (Phi) is 6.30. The molecular weight excluding hydrogens is 344 g/mol. The fourth-order valence-electron chi connectivity index (χ4n) is 3.08. The van der Waals surface area contributed by atoms with Crippen LogP contribution in [-0.4, -0.2) is 49.6 Å². The maximum absolute atomic E-state index is 12.6. The number of amides is 2. The molecule has 0 saturated carbocycles. The van der Waals surface area contributed by atoms with Crippen molar-refractivity contribution < 1.29 is 19.1 Å². The number of nitrogens with one attached hydrogen (secondary N) is 1. The quantitative estimate of drug-likeness (QED) is 0.851. The highest BCUT2D eigenvalue weighted by molar-refractivity contribution is 5.94. The zero-order valence-electron chi connectivity index (χ0n) is 15.4. The molecule has 1 fully saturated rings. The van der Waals surface area contributed by atoms with Gasteiger partial charge in [-0.3, -0.25) is 9.59 Å². The molecule has 0 unspecified atom stereocenters. The van der Waals surface area contributed by atoms with E-state index in [9.17, 15) is 9.59 Å². The van der Waals surface area contributed by atoms with Crippen LogP contribution in [0.15, 0.2) is 54.6 Å². The minimum atomic E-state index is -0.140. The number of nitrogens with zero attached hydrogens (tertiary/aromatic N) is 1. The van der Waals surface area contributed by atoms with E-state index in [1.807, 2.05) is 35.2 Å². The summed E-state index contributed by atoms with van der Waals surface area (Å²) < 4.78 is 10.6. The van der Waals surface area contributed by atoms with Gasteiger partial charge in [0.2, 0.25) is 0 Å². The summed E-state index contributed by atoms with van der Waals surface area (Å²) in [7, 11) is 1.60. The first kappa shape index (κ1) is 18.8. The van der Waals surface area contributed by atoms with Gasteiger partial charge in [0.25, 0.3) is 11.8 Å². The number of carbonyl (C=O) groups is 2. The maximum Gasteiger partial charge on any atom is 0.258 e. The Labute approximate surface area is 159 Å². The topological polar surface area (TPSA) is 67.9 Å². The highest BCUT2D eigenvalue weighted by Gasteiger charge is 2.24. The third-order valence-electron chi connectivity index (χ3n) is 4.60. The van der Waals surface area contributed by atoms with Crippen molar-refractivity contribution in [2.24, 2.45) is 0 Å². The summed E-state index contributed by atoms with van der Waals surface area (Å²) in [6.45, 7) is 1.24. The van der Waals surface area contributed by atoms with Gasteiger partial charge in [-0.2, -0.15) is 0 Å². The minimum Gasteiger partial charge on any atom is -0.497 e. The Bertz CT molecular complexity index is 754. The molecule has 0 aliphatic carbocycles.